The molecular weight excluding hydrogens is 334 g/mol. The Labute approximate surface area is 161 Å². The number of benzene rings is 3. The maximum Gasteiger partial charge on any atom is 0.232 e. The van der Waals surface area contributed by atoms with Crippen LogP contribution in [0.5, 0.6) is 5.75 Å². The Bertz CT molecular complexity index is 803. The van der Waals surface area contributed by atoms with E-state index < -0.39 is 0 Å². The third-order valence-corrected chi connectivity index (χ3v) is 4.29. The summed E-state index contributed by atoms with van der Waals surface area (Å²) in [5.74, 6) is 0.511. The largest absolute Gasteiger partial charge is 0.491 e. The first kappa shape index (κ1) is 18.7. The highest BCUT2D eigenvalue weighted by molar-refractivity contribution is 5.87. The highest BCUT2D eigenvalue weighted by Gasteiger charge is 2.22. The molecule has 0 aliphatic rings. The van der Waals surface area contributed by atoms with Crippen LogP contribution >= 0.6 is 0 Å². The molecule has 0 aliphatic carbocycles. The summed E-state index contributed by atoms with van der Waals surface area (Å²) in [5.41, 5.74) is 3.02. The van der Waals surface area contributed by atoms with Crippen LogP contribution in [0, 0.1) is 0 Å². The Morgan fingerprint density at radius 3 is 1.81 bits per heavy atom. The predicted molar refractivity (Wildman–Crippen MR) is 109 cm³/mol. The van der Waals surface area contributed by atoms with Gasteiger partial charge in [-0.3, -0.25) is 4.79 Å². The van der Waals surface area contributed by atoms with Crippen LogP contribution in [0.2, 0.25) is 0 Å². The first-order valence-electron chi connectivity index (χ1n) is 9.26. The van der Waals surface area contributed by atoms with E-state index in [4.69, 9.17) is 4.74 Å². The van der Waals surface area contributed by atoms with E-state index in [1.807, 2.05) is 98.8 Å². The van der Waals surface area contributed by atoms with E-state index >= 15 is 0 Å². The fourth-order valence-corrected chi connectivity index (χ4v) is 3.04. The number of rotatable bonds is 7. The molecule has 0 atom stereocenters. The van der Waals surface area contributed by atoms with E-state index in [1.165, 1.54) is 0 Å². The minimum atomic E-state index is -0.323. The summed E-state index contributed by atoms with van der Waals surface area (Å²) in [7, 11) is 0. The van der Waals surface area contributed by atoms with Crippen molar-refractivity contribution in [3.8, 4) is 5.75 Å². The second-order valence-corrected chi connectivity index (χ2v) is 6.78. The monoisotopic (exact) mass is 359 g/mol. The molecule has 0 bridgehead atoms. The minimum Gasteiger partial charge on any atom is -0.491 e. The average molecular weight is 359 g/mol. The highest BCUT2D eigenvalue weighted by Crippen LogP contribution is 2.25. The molecule has 3 aromatic rings. The van der Waals surface area contributed by atoms with Crippen LogP contribution < -0.4 is 10.1 Å². The molecule has 0 unspecified atom stereocenters. The van der Waals surface area contributed by atoms with Crippen molar-refractivity contribution in [1.82, 2.24) is 5.32 Å². The SMILES string of the molecule is CC(C)Oc1ccc(CNC(=O)C(c2ccccc2)c2ccccc2)cc1. The second kappa shape index (κ2) is 9.04. The van der Waals surface area contributed by atoms with Crippen molar-refractivity contribution >= 4 is 5.91 Å². The molecular formula is C24H25NO2. The molecule has 138 valence electrons. The van der Waals surface area contributed by atoms with E-state index in [9.17, 15) is 4.79 Å². The fourth-order valence-electron chi connectivity index (χ4n) is 3.04. The van der Waals surface area contributed by atoms with Crippen LogP contribution in [0.15, 0.2) is 84.9 Å². The molecule has 0 saturated heterocycles. The molecule has 0 saturated carbocycles. The summed E-state index contributed by atoms with van der Waals surface area (Å²) >= 11 is 0. The van der Waals surface area contributed by atoms with Gasteiger partial charge in [0.1, 0.15) is 5.75 Å². The van der Waals surface area contributed by atoms with Gasteiger partial charge < -0.3 is 10.1 Å². The van der Waals surface area contributed by atoms with Crippen LogP contribution in [-0.2, 0) is 11.3 Å². The van der Waals surface area contributed by atoms with Gasteiger partial charge in [0.25, 0.3) is 0 Å². The molecule has 3 rings (SSSR count). The number of carbonyl (C=O) groups is 1. The van der Waals surface area contributed by atoms with Gasteiger partial charge in [0.05, 0.1) is 12.0 Å². The second-order valence-electron chi connectivity index (χ2n) is 6.78. The van der Waals surface area contributed by atoms with E-state index in [1.54, 1.807) is 0 Å². The summed E-state index contributed by atoms with van der Waals surface area (Å²) in [5, 5.41) is 3.08. The van der Waals surface area contributed by atoms with Gasteiger partial charge in [-0.25, -0.2) is 0 Å². The molecule has 0 heterocycles. The van der Waals surface area contributed by atoms with Gasteiger partial charge in [0.2, 0.25) is 5.91 Å². The van der Waals surface area contributed by atoms with Crippen LogP contribution in [-0.4, -0.2) is 12.0 Å². The summed E-state index contributed by atoms with van der Waals surface area (Å²) in [6.07, 6.45) is 0.146. The van der Waals surface area contributed by atoms with Gasteiger partial charge in [-0.1, -0.05) is 72.8 Å². The Balaban J connectivity index is 1.72. The van der Waals surface area contributed by atoms with E-state index in [-0.39, 0.29) is 17.9 Å². The van der Waals surface area contributed by atoms with Crippen LogP contribution in [0.3, 0.4) is 0 Å². The normalized spacial score (nSPS) is 10.8. The van der Waals surface area contributed by atoms with Crippen molar-refractivity contribution in [2.45, 2.75) is 32.4 Å². The number of ether oxygens (including phenoxy) is 1. The average Bonchev–Trinajstić information content (AvgIpc) is 2.69. The predicted octanol–water partition coefficient (Wildman–Crippen LogP) is 4.92. The quantitative estimate of drug-likeness (QED) is 0.650. The summed E-state index contributed by atoms with van der Waals surface area (Å²) in [6, 6.07) is 27.6. The Hall–Kier alpha value is -3.07. The van der Waals surface area contributed by atoms with Crippen molar-refractivity contribution in [3.05, 3.63) is 102 Å². The Morgan fingerprint density at radius 2 is 1.33 bits per heavy atom. The topological polar surface area (TPSA) is 38.3 Å². The van der Waals surface area contributed by atoms with Crippen molar-refractivity contribution < 1.29 is 9.53 Å². The van der Waals surface area contributed by atoms with Crippen LogP contribution in [0.4, 0.5) is 0 Å². The zero-order chi connectivity index (χ0) is 19.1. The third kappa shape index (κ3) is 5.20. The van der Waals surface area contributed by atoms with Gasteiger partial charge in [0.15, 0.2) is 0 Å². The molecule has 1 amide bonds. The summed E-state index contributed by atoms with van der Waals surface area (Å²) in [6.45, 7) is 4.49. The molecule has 3 aromatic carbocycles. The molecule has 0 radical (unpaired) electrons. The van der Waals surface area contributed by atoms with E-state index in [0.717, 1.165) is 22.4 Å². The fraction of sp³-hybridized carbons (Fsp3) is 0.208. The van der Waals surface area contributed by atoms with Gasteiger partial charge in [-0.2, -0.15) is 0 Å². The van der Waals surface area contributed by atoms with Gasteiger partial charge in [-0.05, 0) is 42.7 Å². The molecule has 0 spiro atoms. The zero-order valence-electron chi connectivity index (χ0n) is 15.8. The maximum absolute atomic E-state index is 13.0. The first-order chi connectivity index (χ1) is 13.1. The first-order valence-corrected chi connectivity index (χ1v) is 9.26. The Kier molecular flexibility index (Phi) is 6.26. The number of amides is 1. The lowest BCUT2D eigenvalue weighted by molar-refractivity contribution is -0.121. The summed E-state index contributed by atoms with van der Waals surface area (Å²) < 4.78 is 5.66. The lowest BCUT2D eigenvalue weighted by atomic mass is 9.90. The van der Waals surface area contributed by atoms with Crippen molar-refractivity contribution in [2.24, 2.45) is 0 Å². The highest BCUT2D eigenvalue weighted by atomic mass is 16.5. The van der Waals surface area contributed by atoms with Crippen molar-refractivity contribution in [2.75, 3.05) is 0 Å². The third-order valence-electron chi connectivity index (χ3n) is 4.29. The standard InChI is InChI=1S/C24H25NO2/c1-18(2)27-22-15-13-19(14-16-22)17-25-24(26)23(20-9-5-3-6-10-20)21-11-7-4-8-12-21/h3-16,18,23H,17H2,1-2H3,(H,25,26). The molecule has 3 nitrogen and oxygen atoms in total. The molecule has 27 heavy (non-hydrogen) atoms. The zero-order valence-corrected chi connectivity index (χ0v) is 15.8. The minimum absolute atomic E-state index is 0.00472. The molecule has 0 aromatic heterocycles. The van der Waals surface area contributed by atoms with Gasteiger partial charge in [0, 0.05) is 6.54 Å². The van der Waals surface area contributed by atoms with Crippen LogP contribution in [0.25, 0.3) is 0 Å². The van der Waals surface area contributed by atoms with Crippen LogP contribution in [0.1, 0.15) is 36.5 Å². The molecule has 1 N–H and O–H groups in total. The van der Waals surface area contributed by atoms with Gasteiger partial charge >= 0.3 is 0 Å². The summed E-state index contributed by atoms with van der Waals surface area (Å²) in [4.78, 5) is 13.0. The van der Waals surface area contributed by atoms with Gasteiger partial charge in [-0.15, -0.1) is 0 Å². The number of hydrogen-bond donors (Lipinski definition) is 1. The maximum atomic E-state index is 13.0. The number of hydrogen-bond acceptors (Lipinski definition) is 2. The molecule has 0 aliphatic heterocycles. The number of nitrogens with one attached hydrogen (secondary N) is 1. The lowest BCUT2D eigenvalue weighted by Crippen LogP contribution is -2.29. The van der Waals surface area contributed by atoms with E-state index in [2.05, 4.69) is 5.32 Å². The lowest BCUT2D eigenvalue weighted by Gasteiger charge is -2.18. The van der Waals surface area contributed by atoms with Crippen molar-refractivity contribution in [1.29, 1.82) is 0 Å². The smallest absolute Gasteiger partial charge is 0.232 e. The van der Waals surface area contributed by atoms with Crippen molar-refractivity contribution in [3.63, 3.8) is 0 Å². The Morgan fingerprint density at radius 1 is 0.815 bits per heavy atom. The molecule has 3 heteroatoms. The van der Waals surface area contributed by atoms with E-state index in [0.29, 0.717) is 6.54 Å². The number of carbonyl (C=O) groups excluding carboxylic acids is 1. The molecule has 0 fully saturated rings.